The summed E-state index contributed by atoms with van der Waals surface area (Å²) in [6.07, 6.45) is 1.23. The Labute approximate surface area is 102 Å². The third kappa shape index (κ3) is 2.29. The van der Waals surface area contributed by atoms with Crippen molar-refractivity contribution in [1.82, 2.24) is 9.88 Å². The number of carbonyl (C=O) groups is 2. The van der Waals surface area contributed by atoms with Crippen LogP contribution in [-0.2, 0) is 11.3 Å². The molecule has 1 amide bonds. The van der Waals surface area contributed by atoms with Crippen molar-refractivity contribution in [2.24, 2.45) is 5.73 Å². The van der Waals surface area contributed by atoms with Crippen molar-refractivity contribution in [2.75, 3.05) is 6.54 Å². The Morgan fingerprint density at radius 1 is 1.65 bits per heavy atom. The molecule has 0 unspecified atom stereocenters. The van der Waals surface area contributed by atoms with Gasteiger partial charge in [-0.2, -0.15) is 0 Å². The number of thiazole rings is 1. The highest BCUT2D eigenvalue weighted by Crippen LogP contribution is 2.21. The molecule has 1 atom stereocenters. The lowest BCUT2D eigenvalue weighted by Crippen LogP contribution is -2.40. The minimum absolute atomic E-state index is 0.292. The van der Waals surface area contributed by atoms with E-state index in [2.05, 4.69) is 4.98 Å². The van der Waals surface area contributed by atoms with Gasteiger partial charge in [-0.15, -0.1) is 11.3 Å². The van der Waals surface area contributed by atoms with Crippen LogP contribution in [0.5, 0.6) is 0 Å². The fourth-order valence-corrected chi connectivity index (χ4v) is 2.56. The molecule has 0 spiro atoms. The van der Waals surface area contributed by atoms with E-state index in [1.807, 2.05) is 0 Å². The van der Waals surface area contributed by atoms with Crippen LogP contribution in [0.1, 0.15) is 28.3 Å². The molecule has 0 bridgehead atoms. The van der Waals surface area contributed by atoms with Crippen molar-refractivity contribution in [3.8, 4) is 0 Å². The summed E-state index contributed by atoms with van der Waals surface area (Å²) in [7, 11) is 0. The summed E-state index contributed by atoms with van der Waals surface area (Å²) < 4.78 is 0. The average molecular weight is 255 g/mol. The lowest BCUT2D eigenvalue weighted by Gasteiger charge is -2.20. The van der Waals surface area contributed by atoms with Gasteiger partial charge in [-0.25, -0.2) is 9.78 Å². The molecule has 2 rings (SSSR count). The molecule has 2 heterocycles. The molecule has 0 radical (unpaired) electrons. The van der Waals surface area contributed by atoms with Gasteiger partial charge in [0, 0.05) is 18.5 Å². The van der Waals surface area contributed by atoms with Gasteiger partial charge < -0.3 is 15.7 Å². The first kappa shape index (κ1) is 12.0. The summed E-state index contributed by atoms with van der Waals surface area (Å²) in [4.78, 5) is 28.5. The first-order valence-electron chi connectivity index (χ1n) is 5.31. The largest absolute Gasteiger partial charge is 0.480 e. The summed E-state index contributed by atoms with van der Waals surface area (Å²) >= 11 is 1.32. The van der Waals surface area contributed by atoms with Gasteiger partial charge in [0.2, 0.25) is 0 Å². The Bertz CT molecular complexity index is 446. The quantitative estimate of drug-likeness (QED) is 0.809. The fourth-order valence-electron chi connectivity index (χ4n) is 1.92. The van der Waals surface area contributed by atoms with Crippen molar-refractivity contribution < 1.29 is 14.7 Å². The summed E-state index contributed by atoms with van der Waals surface area (Å²) in [5.74, 6) is -1.27. The second-order valence-corrected chi connectivity index (χ2v) is 4.77. The van der Waals surface area contributed by atoms with E-state index in [1.165, 1.54) is 16.2 Å². The average Bonchev–Trinajstić information content (AvgIpc) is 2.97. The van der Waals surface area contributed by atoms with E-state index in [1.54, 1.807) is 5.38 Å². The molecule has 1 aromatic heterocycles. The number of aromatic nitrogens is 1. The van der Waals surface area contributed by atoms with E-state index >= 15 is 0 Å². The van der Waals surface area contributed by atoms with Crippen LogP contribution >= 0.6 is 11.3 Å². The van der Waals surface area contributed by atoms with E-state index in [0.29, 0.717) is 30.2 Å². The van der Waals surface area contributed by atoms with Gasteiger partial charge in [0.1, 0.15) is 16.7 Å². The van der Waals surface area contributed by atoms with Crippen LogP contribution in [0.15, 0.2) is 5.38 Å². The highest BCUT2D eigenvalue weighted by molar-refractivity contribution is 7.09. The molecule has 1 aliphatic rings. The number of likely N-dealkylation sites (tertiary alicyclic amines) is 1. The maximum atomic E-state index is 12.1. The number of carbonyl (C=O) groups excluding carboxylic acids is 1. The summed E-state index contributed by atoms with van der Waals surface area (Å²) in [5.41, 5.74) is 5.72. The molecule has 0 aromatic carbocycles. The summed E-state index contributed by atoms with van der Waals surface area (Å²) in [6, 6.07) is -0.717. The molecule has 1 aliphatic heterocycles. The van der Waals surface area contributed by atoms with E-state index in [0.717, 1.165) is 6.42 Å². The van der Waals surface area contributed by atoms with E-state index in [4.69, 9.17) is 10.8 Å². The zero-order chi connectivity index (χ0) is 12.4. The van der Waals surface area contributed by atoms with Gasteiger partial charge in [-0.3, -0.25) is 4.79 Å². The Morgan fingerprint density at radius 3 is 3.00 bits per heavy atom. The molecule has 1 aromatic rings. The van der Waals surface area contributed by atoms with Crippen LogP contribution in [0.25, 0.3) is 0 Å². The molecular weight excluding hydrogens is 242 g/mol. The number of nitrogens with zero attached hydrogens (tertiary/aromatic N) is 2. The highest BCUT2D eigenvalue weighted by atomic mass is 32.1. The lowest BCUT2D eigenvalue weighted by molar-refractivity contribution is -0.141. The van der Waals surface area contributed by atoms with Crippen LogP contribution in [0.3, 0.4) is 0 Å². The number of hydrogen-bond donors (Lipinski definition) is 2. The minimum atomic E-state index is -0.954. The first-order valence-corrected chi connectivity index (χ1v) is 6.19. The summed E-state index contributed by atoms with van der Waals surface area (Å²) in [6.45, 7) is 0.769. The first-order chi connectivity index (χ1) is 8.13. The molecule has 7 heteroatoms. The number of carboxylic acids is 1. The second-order valence-electron chi connectivity index (χ2n) is 3.83. The molecule has 1 fully saturated rings. The zero-order valence-electron chi connectivity index (χ0n) is 9.13. The SMILES string of the molecule is NCc1nc(C(=O)N2CCC[C@H]2C(=O)O)cs1. The van der Waals surface area contributed by atoms with Gasteiger partial charge in [0.05, 0.1) is 0 Å². The number of carboxylic acid groups (broad SMARTS) is 1. The number of nitrogens with two attached hydrogens (primary N) is 1. The van der Waals surface area contributed by atoms with Crippen molar-refractivity contribution in [3.63, 3.8) is 0 Å². The van der Waals surface area contributed by atoms with Crippen molar-refractivity contribution in [3.05, 3.63) is 16.1 Å². The van der Waals surface area contributed by atoms with Gasteiger partial charge in [0.25, 0.3) is 5.91 Å². The van der Waals surface area contributed by atoms with Crippen LogP contribution in [0.2, 0.25) is 0 Å². The molecule has 1 saturated heterocycles. The molecule has 6 nitrogen and oxygen atoms in total. The maximum Gasteiger partial charge on any atom is 0.326 e. The molecule has 17 heavy (non-hydrogen) atoms. The van der Waals surface area contributed by atoms with E-state index in [-0.39, 0.29) is 5.91 Å². The lowest BCUT2D eigenvalue weighted by atomic mass is 10.2. The van der Waals surface area contributed by atoms with E-state index in [9.17, 15) is 9.59 Å². The highest BCUT2D eigenvalue weighted by Gasteiger charge is 2.35. The predicted molar refractivity (Wildman–Crippen MR) is 61.7 cm³/mol. The Kier molecular flexibility index (Phi) is 3.39. The van der Waals surface area contributed by atoms with Crippen molar-refractivity contribution in [1.29, 1.82) is 0 Å². The third-order valence-corrected chi connectivity index (χ3v) is 3.62. The number of amides is 1. The fraction of sp³-hybridized carbons (Fsp3) is 0.500. The van der Waals surface area contributed by atoms with Gasteiger partial charge in [-0.1, -0.05) is 0 Å². The monoisotopic (exact) mass is 255 g/mol. The third-order valence-electron chi connectivity index (χ3n) is 2.74. The van der Waals surface area contributed by atoms with Gasteiger partial charge >= 0.3 is 5.97 Å². The summed E-state index contributed by atoms with van der Waals surface area (Å²) in [5, 5.41) is 11.3. The minimum Gasteiger partial charge on any atom is -0.480 e. The normalized spacial score (nSPS) is 19.6. The molecule has 0 saturated carbocycles. The van der Waals surface area contributed by atoms with E-state index < -0.39 is 12.0 Å². The zero-order valence-corrected chi connectivity index (χ0v) is 9.94. The molecule has 92 valence electrons. The number of hydrogen-bond acceptors (Lipinski definition) is 5. The number of rotatable bonds is 3. The molecular formula is C10H13N3O3S. The second kappa shape index (κ2) is 4.80. The van der Waals surface area contributed by atoms with Gasteiger partial charge in [-0.05, 0) is 12.8 Å². The topological polar surface area (TPSA) is 96.5 Å². The number of aliphatic carboxylic acids is 1. The van der Waals surface area contributed by atoms with Crippen LogP contribution in [-0.4, -0.2) is 39.5 Å². The standard InChI is InChI=1S/C10H13N3O3S/c11-4-8-12-6(5-17-8)9(14)13-3-1-2-7(13)10(15)16/h5,7H,1-4,11H2,(H,15,16)/t7-/m0/s1. The van der Waals surface area contributed by atoms with Crippen LogP contribution < -0.4 is 5.73 Å². The van der Waals surface area contributed by atoms with Crippen molar-refractivity contribution in [2.45, 2.75) is 25.4 Å². The van der Waals surface area contributed by atoms with Crippen LogP contribution in [0, 0.1) is 0 Å². The van der Waals surface area contributed by atoms with Crippen molar-refractivity contribution >= 4 is 23.2 Å². The maximum absolute atomic E-state index is 12.1. The Morgan fingerprint density at radius 2 is 2.41 bits per heavy atom. The Hall–Kier alpha value is -1.47. The van der Waals surface area contributed by atoms with Crippen LogP contribution in [0.4, 0.5) is 0 Å². The molecule has 0 aliphatic carbocycles. The van der Waals surface area contributed by atoms with Gasteiger partial charge in [0.15, 0.2) is 0 Å². The molecule has 3 N–H and O–H groups in total. The predicted octanol–water partition coefficient (Wildman–Crippen LogP) is 0.291. The smallest absolute Gasteiger partial charge is 0.326 e. The Balaban J connectivity index is 2.16.